The van der Waals surface area contributed by atoms with E-state index in [0.717, 1.165) is 25.2 Å². The van der Waals surface area contributed by atoms with E-state index in [1.54, 1.807) is 6.20 Å². The second-order valence-electron chi connectivity index (χ2n) is 6.28. The summed E-state index contributed by atoms with van der Waals surface area (Å²) in [7, 11) is 0. The molecule has 2 aromatic rings. The Morgan fingerprint density at radius 1 is 1.04 bits per heavy atom. The highest BCUT2D eigenvalue weighted by Gasteiger charge is 2.21. The molecule has 1 aromatic carbocycles. The number of pyridine rings is 1. The van der Waals surface area contributed by atoms with Crippen LogP contribution >= 0.6 is 0 Å². The van der Waals surface area contributed by atoms with Gasteiger partial charge in [0, 0.05) is 32.4 Å². The first-order valence-corrected chi connectivity index (χ1v) is 8.45. The van der Waals surface area contributed by atoms with E-state index in [2.05, 4.69) is 34.1 Å². The van der Waals surface area contributed by atoms with Gasteiger partial charge in [0.25, 0.3) is 5.91 Å². The summed E-state index contributed by atoms with van der Waals surface area (Å²) in [5.41, 5.74) is 4.45. The third kappa shape index (κ3) is 2.99. The predicted octanol–water partition coefficient (Wildman–Crippen LogP) is 2.12. The fraction of sp³-hybridized carbons (Fsp3) is 0.368. The Labute approximate surface area is 141 Å². The number of rotatable bonds is 2. The zero-order chi connectivity index (χ0) is 16.4. The molecule has 0 unspecified atom stereocenters. The highest BCUT2D eigenvalue weighted by atomic mass is 16.5. The van der Waals surface area contributed by atoms with Crippen molar-refractivity contribution < 1.29 is 9.53 Å². The highest BCUT2D eigenvalue weighted by Crippen LogP contribution is 2.24. The van der Waals surface area contributed by atoms with Crippen molar-refractivity contribution in [3.63, 3.8) is 0 Å². The van der Waals surface area contributed by atoms with Crippen LogP contribution in [0.5, 0.6) is 0 Å². The van der Waals surface area contributed by atoms with Crippen molar-refractivity contribution in [1.29, 1.82) is 0 Å². The molecule has 24 heavy (non-hydrogen) atoms. The summed E-state index contributed by atoms with van der Waals surface area (Å²) in [5.74, 6) is 0.0464. The maximum atomic E-state index is 12.6. The van der Waals surface area contributed by atoms with Crippen molar-refractivity contribution in [3.05, 3.63) is 59.4 Å². The number of morpholine rings is 1. The Kier molecular flexibility index (Phi) is 4.17. The number of amides is 1. The summed E-state index contributed by atoms with van der Waals surface area (Å²) >= 11 is 0. The lowest BCUT2D eigenvalue weighted by molar-refractivity contribution is 0.0302. The monoisotopic (exact) mass is 323 g/mol. The molecule has 124 valence electrons. The summed E-state index contributed by atoms with van der Waals surface area (Å²) in [5, 5.41) is 0. The van der Waals surface area contributed by atoms with Gasteiger partial charge in [-0.3, -0.25) is 9.78 Å². The quantitative estimate of drug-likeness (QED) is 0.849. The van der Waals surface area contributed by atoms with Crippen molar-refractivity contribution in [1.82, 2.24) is 9.88 Å². The fourth-order valence-corrected chi connectivity index (χ4v) is 3.38. The van der Waals surface area contributed by atoms with E-state index >= 15 is 0 Å². The normalized spacial score (nSPS) is 17.5. The molecule has 4 rings (SSSR count). The fourth-order valence-electron chi connectivity index (χ4n) is 3.38. The molecule has 5 nitrogen and oxygen atoms in total. The average molecular weight is 323 g/mol. The lowest BCUT2D eigenvalue weighted by Crippen LogP contribution is -2.40. The SMILES string of the molecule is O=C(c1cncc(N2CCc3ccccc3C2)c1)N1CCOCC1. The third-order valence-corrected chi connectivity index (χ3v) is 4.76. The van der Waals surface area contributed by atoms with E-state index in [0.29, 0.717) is 31.9 Å². The van der Waals surface area contributed by atoms with Gasteiger partial charge < -0.3 is 14.5 Å². The summed E-state index contributed by atoms with van der Waals surface area (Å²) in [6.07, 6.45) is 4.54. The van der Waals surface area contributed by atoms with Gasteiger partial charge in [-0.1, -0.05) is 24.3 Å². The molecule has 2 aliphatic rings. The standard InChI is InChI=1S/C19H21N3O2/c23-19(21-7-9-24-10-8-21)17-11-18(13-20-12-17)22-6-5-15-3-1-2-4-16(15)14-22/h1-4,11-13H,5-10,14H2. The van der Waals surface area contributed by atoms with E-state index in [1.807, 2.05) is 17.2 Å². The van der Waals surface area contributed by atoms with E-state index in [9.17, 15) is 4.79 Å². The number of aromatic nitrogens is 1. The Balaban J connectivity index is 1.54. The number of hydrogen-bond donors (Lipinski definition) is 0. The molecule has 0 bridgehead atoms. The Morgan fingerprint density at radius 2 is 1.83 bits per heavy atom. The molecule has 1 amide bonds. The first kappa shape index (κ1) is 15.1. The van der Waals surface area contributed by atoms with Gasteiger partial charge in [0.1, 0.15) is 0 Å². The zero-order valence-electron chi connectivity index (χ0n) is 13.6. The maximum absolute atomic E-state index is 12.6. The van der Waals surface area contributed by atoms with Crippen molar-refractivity contribution >= 4 is 11.6 Å². The number of nitrogens with zero attached hydrogens (tertiary/aromatic N) is 3. The number of hydrogen-bond acceptors (Lipinski definition) is 4. The molecule has 1 aromatic heterocycles. The van der Waals surface area contributed by atoms with Gasteiger partial charge in [0.2, 0.25) is 0 Å². The van der Waals surface area contributed by atoms with Gasteiger partial charge in [-0.25, -0.2) is 0 Å². The second-order valence-corrected chi connectivity index (χ2v) is 6.28. The molecule has 0 aliphatic carbocycles. The number of ether oxygens (including phenoxy) is 1. The molecular weight excluding hydrogens is 302 g/mol. The first-order valence-electron chi connectivity index (χ1n) is 8.45. The summed E-state index contributed by atoms with van der Waals surface area (Å²) in [6.45, 7) is 4.35. The van der Waals surface area contributed by atoms with E-state index in [-0.39, 0.29) is 5.91 Å². The predicted molar refractivity (Wildman–Crippen MR) is 92.2 cm³/mol. The van der Waals surface area contributed by atoms with Crippen LogP contribution in [-0.2, 0) is 17.7 Å². The molecule has 0 atom stereocenters. The van der Waals surface area contributed by atoms with Gasteiger partial charge in [0.05, 0.1) is 30.7 Å². The van der Waals surface area contributed by atoms with E-state index in [1.165, 1.54) is 11.1 Å². The number of fused-ring (bicyclic) bond motifs is 1. The third-order valence-electron chi connectivity index (χ3n) is 4.76. The smallest absolute Gasteiger partial charge is 0.255 e. The molecule has 5 heteroatoms. The van der Waals surface area contributed by atoms with Crippen LogP contribution in [0.15, 0.2) is 42.7 Å². The minimum absolute atomic E-state index is 0.0464. The van der Waals surface area contributed by atoms with E-state index in [4.69, 9.17) is 4.74 Å². The number of benzene rings is 1. The minimum atomic E-state index is 0.0464. The topological polar surface area (TPSA) is 45.7 Å². The Bertz CT molecular complexity index is 741. The minimum Gasteiger partial charge on any atom is -0.378 e. The van der Waals surface area contributed by atoms with Crippen molar-refractivity contribution in [2.75, 3.05) is 37.7 Å². The number of anilines is 1. The van der Waals surface area contributed by atoms with Gasteiger partial charge in [-0.2, -0.15) is 0 Å². The Morgan fingerprint density at radius 3 is 2.67 bits per heavy atom. The van der Waals surface area contributed by atoms with Crippen LogP contribution in [0.2, 0.25) is 0 Å². The summed E-state index contributed by atoms with van der Waals surface area (Å²) in [6, 6.07) is 10.5. The van der Waals surface area contributed by atoms with Crippen molar-refractivity contribution in [3.8, 4) is 0 Å². The molecule has 3 heterocycles. The molecule has 1 saturated heterocycles. The van der Waals surface area contributed by atoms with Crippen LogP contribution in [0.3, 0.4) is 0 Å². The average Bonchev–Trinajstić information content (AvgIpc) is 2.68. The maximum Gasteiger partial charge on any atom is 0.255 e. The van der Waals surface area contributed by atoms with Crippen molar-refractivity contribution in [2.24, 2.45) is 0 Å². The van der Waals surface area contributed by atoms with Crippen LogP contribution in [-0.4, -0.2) is 48.6 Å². The number of carbonyl (C=O) groups excluding carboxylic acids is 1. The van der Waals surface area contributed by atoms with Crippen LogP contribution in [0.25, 0.3) is 0 Å². The van der Waals surface area contributed by atoms with Crippen LogP contribution in [0, 0.1) is 0 Å². The molecule has 2 aliphatic heterocycles. The van der Waals surface area contributed by atoms with Gasteiger partial charge in [-0.05, 0) is 23.6 Å². The lowest BCUT2D eigenvalue weighted by Gasteiger charge is -2.31. The Hall–Kier alpha value is -2.40. The van der Waals surface area contributed by atoms with Crippen molar-refractivity contribution in [2.45, 2.75) is 13.0 Å². The second kappa shape index (κ2) is 6.61. The first-order chi connectivity index (χ1) is 11.8. The lowest BCUT2D eigenvalue weighted by atomic mass is 9.99. The van der Waals surface area contributed by atoms with Crippen LogP contribution in [0.4, 0.5) is 5.69 Å². The zero-order valence-corrected chi connectivity index (χ0v) is 13.6. The van der Waals surface area contributed by atoms with Gasteiger partial charge >= 0.3 is 0 Å². The van der Waals surface area contributed by atoms with Crippen LogP contribution < -0.4 is 4.90 Å². The molecule has 1 fully saturated rings. The molecule has 0 N–H and O–H groups in total. The molecular formula is C19H21N3O2. The molecule has 0 saturated carbocycles. The van der Waals surface area contributed by atoms with E-state index < -0.39 is 0 Å². The molecule has 0 spiro atoms. The molecule has 0 radical (unpaired) electrons. The summed E-state index contributed by atoms with van der Waals surface area (Å²) < 4.78 is 5.32. The highest BCUT2D eigenvalue weighted by molar-refractivity contribution is 5.94. The van der Waals surface area contributed by atoms with Gasteiger partial charge in [0.15, 0.2) is 0 Å². The van der Waals surface area contributed by atoms with Gasteiger partial charge in [-0.15, -0.1) is 0 Å². The van der Waals surface area contributed by atoms with Crippen LogP contribution in [0.1, 0.15) is 21.5 Å². The number of carbonyl (C=O) groups is 1. The summed E-state index contributed by atoms with van der Waals surface area (Å²) in [4.78, 5) is 21.1. The largest absolute Gasteiger partial charge is 0.378 e.